The van der Waals surface area contributed by atoms with Crippen LogP contribution >= 0.6 is 27.7 Å². The third kappa shape index (κ3) is 2.95. The minimum atomic E-state index is -0.152. The third-order valence-corrected chi connectivity index (χ3v) is 5.53. The lowest BCUT2D eigenvalue weighted by Crippen LogP contribution is -2.33. The largest absolute Gasteiger partial charge is 0.351 e. The van der Waals surface area contributed by atoms with E-state index in [1.807, 2.05) is 28.8 Å². The highest BCUT2D eigenvalue weighted by atomic mass is 79.9. The summed E-state index contributed by atoms with van der Waals surface area (Å²) in [5.41, 5.74) is 1.74. The molecule has 0 bridgehead atoms. The summed E-state index contributed by atoms with van der Waals surface area (Å²) in [7, 11) is 0. The van der Waals surface area contributed by atoms with Gasteiger partial charge < -0.3 is 4.90 Å². The lowest BCUT2D eigenvalue weighted by molar-refractivity contribution is -0.113. The Bertz CT molecular complexity index is 836. The van der Waals surface area contributed by atoms with Gasteiger partial charge in [-0.25, -0.2) is 4.98 Å². The number of aliphatic imine (C=N–C) groups is 1. The number of hydrogen-bond donors (Lipinski definition) is 0. The number of imidazole rings is 1. The van der Waals surface area contributed by atoms with E-state index < -0.39 is 0 Å². The molecule has 1 saturated heterocycles. The Kier molecular flexibility index (Phi) is 3.98. The van der Waals surface area contributed by atoms with Gasteiger partial charge in [-0.2, -0.15) is 4.99 Å². The highest BCUT2D eigenvalue weighted by molar-refractivity contribution is 9.10. The van der Waals surface area contributed by atoms with Crippen molar-refractivity contribution in [3.8, 4) is 0 Å². The van der Waals surface area contributed by atoms with Gasteiger partial charge in [0.15, 0.2) is 5.17 Å². The van der Waals surface area contributed by atoms with Gasteiger partial charge >= 0.3 is 0 Å². The van der Waals surface area contributed by atoms with E-state index in [0.717, 1.165) is 34.1 Å². The van der Waals surface area contributed by atoms with E-state index in [0.29, 0.717) is 4.91 Å². The number of piperidine rings is 1. The van der Waals surface area contributed by atoms with Crippen LogP contribution in [0.1, 0.15) is 25.0 Å². The Hall–Kier alpha value is -1.60. The van der Waals surface area contributed by atoms with E-state index in [4.69, 9.17) is 0 Å². The number of aromatic nitrogens is 2. The predicted molar refractivity (Wildman–Crippen MR) is 96.3 cm³/mol. The molecule has 2 aliphatic rings. The highest BCUT2D eigenvalue weighted by Gasteiger charge is 2.27. The van der Waals surface area contributed by atoms with Gasteiger partial charge in [-0.3, -0.25) is 9.20 Å². The Balaban J connectivity index is 1.61. The molecule has 2 aromatic heterocycles. The lowest BCUT2D eigenvalue weighted by atomic mass is 10.1. The summed E-state index contributed by atoms with van der Waals surface area (Å²) in [6, 6.07) is 3.89. The van der Waals surface area contributed by atoms with Crippen LogP contribution in [0.15, 0.2) is 38.9 Å². The van der Waals surface area contributed by atoms with Crippen molar-refractivity contribution in [1.29, 1.82) is 0 Å². The molecule has 2 aromatic rings. The molecule has 1 amide bonds. The number of fused-ring (bicyclic) bond motifs is 1. The van der Waals surface area contributed by atoms with Crippen LogP contribution in [0.4, 0.5) is 0 Å². The summed E-state index contributed by atoms with van der Waals surface area (Å²) < 4.78 is 2.93. The summed E-state index contributed by atoms with van der Waals surface area (Å²) in [5, 5.41) is 0.843. The first-order valence-corrected chi connectivity index (χ1v) is 9.22. The van der Waals surface area contributed by atoms with Gasteiger partial charge in [0.2, 0.25) is 0 Å². The lowest BCUT2D eigenvalue weighted by Gasteiger charge is -2.27. The minimum Gasteiger partial charge on any atom is -0.351 e. The van der Waals surface area contributed by atoms with Crippen LogP contribution in [0.2, 0.25) is 0 Å². The SMILES string of the molecule is O=C1N=C(N2CCCCC2)SC1=Cc1cnc2ccc(Br)cn12. The Labute approximate surface area is 146 Å². The number of amides is 1. The molecular weight excluding hydrogens is 376 g/mol. The molecule has 5 nitrogen and oxygen atoms in total. The topological polar surface area (TPSA) is 50.0 Å². The van der Waals surface area contributed by atoms with E-state index in [2.05, 4.69) is 30.8 Å². The van der Waals surface area contributed by atoms with Gasteiger partial charge in [0.1, 0.15) is 5.65 Å². The number of amidine groups is 1. The van der Waals surface area contributed by atoms with Crippen LogP contribution in [0.3, 0.4) is 0 Å². The van der Waals surface area contributed by atoms with E-state index >= 15 is 0 Å². The molecule has 2 aliphatic heterocycles. The summed E-state index contributed by atoms with van der Waals surface area (Å²) >= 11 is 4.94. The zero-order valence-corrected chi connectivity index (χ0v) is 14.8. The third-order valence-electron chi connectivity index (χ3n) is 4.01. The Morgan fingerprint density at radius 2 is 2.04 bits per heavy atom. The maximum Gasteiger partial charge on any atom is 0.286 e. The first-order chi connectivity index (χ1) is 11.2. The summed E-state index contributed by atoms with van der Waals surface area (Å²) in [6.07, 6.45) is 9.22. The molecule has 0 N–H and O–H groups in total. The van der Waals surface area contributed by atoms with Crippen molar-refractivity contribution in [3.05, 3.63) is 39.6 Å². The Morgan fingerprint density at radius 3 is 2.87 bits per heavy atom. The average molecular weight is 391 g/mol. The van der Waals surface area contributed by atoms with E-state index in [-0.39, 0.29) is 5.91 Å². The number of carbonyl (C=O) groups is 1. The van der Waals surface area contributed by atoms with Crippen molar-refractivity contribution in [3.63, 3.8) is 0 Å². The number of thioether (sulfide) groups is 1. The van der Waals surface area contributed by atoms with Crippen LogP contribution < -0.4 is 0 Å². The maximum atomic E-state index is 12.2. The van der Waals surface area contributed by atoms with Crippen molar-refractivity contribution in [2.24, 2.45) is 4.99 Å². The molecule has 0 saturated carbocycles. The van der Waals surface area contributed by atoms with Gasteiger partial charge in [-0.1, -0.05) is 0 Å². The fourth-order valence-corrected chi connectivity index (χ4v) is 4.12. The van der Waals surface area contributed by atoms with Crippen molar-refractivity contribution in [1.82, 2.24) is 14.3 Å². The zero-order chi connectivity index (χ0) is 15.8. The highest BCUT2D eigenvalue weighted by Crippen LogP contribution is 2.31. The first-order valence-electron chi connectivity index (χ1n) is 7.61. The monoisotopic (exact) mass is 390 g/mol. The molecule has 23 heavy (non-hydrogen) atoms. The molecule has 4 rings (SSSR count). The molecule has 0 spiro atoms. The zero-order valence-electron chi connectivity index (χ0n) is 12.4. The predicted octanol–water partition coefficient (Wildman–Crippen LogP) is 3.55. The van der Waals surface area contributed by atoms with Gasteiger partial charge in [-0.05, 0) is 65.2 Å². The standard InChI is InChI=1S/C16H15BrN4OS/c17-11-4-5-14-18-9-12(21(14)10-11)8-13-15(22)19-16(23-13)20-6-2-1-3-7-20/h4-5,8-10H,1-3,6-7H2. The summed E-state index contributed by atoms with van der Waals surface area (Å²) in [6.45, 7) is 1.99. The molecular formula is C16H15BrN4OS. The Morgan fingerprint density at radius 1 is 1.22 bits per heavy atom. The van der Waals surface area contributed by atoms with E-state index in [9.17, 15) is 4.79 Å². The van der Waals surface area contributed by atoms with Gasteiger partial charge in [0.05, 0.1) is 16.8 Å². The van der Waals surface area contributed by atoms with Crippen molar-refractivity contribution in [2.75, 3.05) is 13.1 Å². The molecule has 0 aromatic carbocycles. The van der Waals surface area contributed by atoms with E-state index in [1.54, 1.807) is 6.20 Å². The number of pyridine rings is 1. The van der Waals surface area contributed by atoms with Crippen LogP contribution in [-0.2, 0) is 4.79 Å². The second-order valence-electron chi connectivity index (χ2n) is 5.62. The first kappa shape index (κ1) is 15.0. The van der Waals surface area contributed by atoms with Gasteiger partial charge in [0, 0.05) is 23.8 Å². The number of rotatable bonds is 1. The number of carbonyl (C=O) groups excluding carboxylic acids is 1. The van der Waals surface area contributed by atoms with Crippen LogP contribution in [0.5, 0.6) is 0 Å². The number of likely N-dealkylation sites (tertiary alicyclic amines) is 1. The second kappa shape index (κ2) is 6.13. The second-order valence-corrected chi connectivity index (χ2v) is 7.54. The fraction of sp³-hybridized carbons (Fsp3) is 0.312. The molecule has 4 heterocycles. The van der Waals surface area contributed by atoms with E-state index in [1.165, 1.54) is 31.0 Å². The number of halogens is 1. The fourth-order valence-electron chi connectivity index (χ4n) is 2.83. The number of nitrogens with zero attached hydrogens (tertiary/aromatic N) is 4. The molecule has 0 atom stereocenters. The summed E-state index contributed by atoms with van der Waals surface area (Å²) in [5.74, 6) is -0.152. The average Bonchev–Trinajstić information content (AvgIpc) is 3.13. The van der Waals surface area contributed by atoms with Crippen LogP contribution in [0.25, 0.3) is 11.7 Å². The quantitative estimate of drug-likeness (QED) is 0.698. The number of hydrogen-bond acceptors (Lipinski definition) is 4. The molecule has 7 heteroatoms. The maximum absolute atomic E-state index is 12.2. The smallest absolute Gasteiger partial charge is 0.286 e. The molecule has 0 aliphatic carbocycles. The minimum absolute atomic E-state index is 0.152. The van der Waals surface area contributed by atoms with Gasteiger partial charge in [-0.15, -0.1) is 0 Å². The summed E-state index contributed by atoms with van der Waals surface area (Å²) in [4.78, 5) is 23.7. The van der Waals surface area contributed by atoms with Crippen molar-refractivity contribution < 1.29 is 4.79 Å². The van der Waals surface area contributed by atoms with Crippen molar-refractivity contribution >= 4 is 50.5 Å². The van der Waals surface area contributed by atoms with Gasteiger partial charge in [0.25, 0.3) is 5.91 Å². The van der Waals surface area contributed by atoms with Crippen LogP contribution in [-0.4, -0.2) is 38.4 Å². The molecule has 0 radical (unpaired) electrons. The normalized spacial score (nSPS) is 20.6. The molecule has 118 valence electrons. The van der Waals surface area contributed by atoms with Crippen LogP contribution in [0, 0.1) is 0 Å². The molecule has 1 fully saturated rings. The van der Waals surface area contributed by atoms with Crippen molar-refractivity contribution in [2.45, 2.75) is 19.3 Å². The molecule has 0 unspecified atom stereocenters.